The van der Waals surface area contributed by atoms with Crippen molar-refractivity contribution in [3.8, 4) is 0 Å². The average Bonchev–Trinajstić information content (AvgIpc) is 3.21. The molecule has 7 nitrogen and oxygen atoms in total. The molecule has 130 valence electrons. The van der Waals surface area contributed by atoms with Crippen molar-refractivity contribution in [2.45, 2.75) is 19.1 Å². The molecule has 1 fully saturated rings. The first-order valence-corrected chi connectivity index (χ1v) is 8.53. The zero-order valence-corrected chi connectivity index (χ0v) is 14.0. The predicted molar refractivity (Wildman–Crippen MR) is 91.8 cm³/mol. The number of hydrogen-bond acceptors (Lipinski definition) is 5. The standard InChI is InChI=1S/C17H16N2O5S/c20-14-13(18-17(23)24-10-11-4-2-1-3-5-11)6-8-19(14)15-12(16(21)22)7-9-25-15/h1-5,7,9,13H,6,8,10H2,(H,18,23)(H,21,22). The van der Waals surface area contributed by atoms with E-state index in [9.17, 15) is 14.4 Å². The van der Waals surface area contributed by atoms with Gasteiger partial charge in [-0.25, -0.2) is 9.59 Å². The number of carbonyl (C=O) groups is 3. The average molecular weight is 360 g/mol. The van der Waals surface area contributed by atoms with Crippen LogP contribution in [0.15, 0.2) is 41.8 Å². The number of benzene rings is 1. The number of carbonyl (C=O) groups excluding carboxylic acids is 2. The van der Waals surface area contributed by atoms with Crippen molar-refractivity contribution in [3.05, 3.63) is 52.9 Å². The van der Waals surface area contributed by atoms with E-state index < -0.39 is 18.1 Å². The molecule has 2 aromatic rings. The lowest BCUT2D eigenvalue weighted by Gasteiger charge is -2.16. The van der Waals surface area contributed by atoms with E-state index in [0.29, 0.717) is 18.0 Å². The first-order valence-electron chi connectivity index (χ1n) is 7.65. The lowest BCUT2D eigenvalue weighted by atomic mass is 10.2. The van der Waals surface area contributed by atoms with Crippen molar-refractivity contribution in [1.29, 1.82) is 0 Å². The van der Waals surface area contributed by atoms with Crippen LogP contribution < -0.4 is 10.2 Å². The van der Waals surface area contributed by atoms with Gasteiger partial charge >= 0.3 is 12.1 Å². The molecule has 1 aromatic heterocycles. The molecule has 1 saturated heterocycles. The number of nitrogens with zero attached hydrogens (tertiary/aromatic N) is 1. The highest BCUT2D eigenvalue weighted by Crippen LogP contribution is 2.31. The van der Waals surface area contributed by atoms with Gasteiger partial charge in [0.05, 0.1) is 5.56 Å². The zero-order chi connectivity index (χ0) is 17.8. The summed E-state index contributed by atoms with van der Waals surface area (Å²) in [6.45, 7) is 0.467. The number of ether oxygens (including phenoxy) is 1. The summed E-state index contributed by atoms with van der Waals surface area (Å²) in [5.74, 6) is -1.41. The summed E-state index contributed by atoms with van der Waals surface area (Å²) in [5, 5.41) is 13.7. The molecule has 25 heavy (non-hydrogen) atoms. The van der Waals surface area contributed by atoms with Gasteiger partial charge in [-0.2, -0.15) is 0 Å². The number of rotatable bonds is 5. The second-order valence-corrected chi connectivity index (χ2v) is 6.38. The van der Waals surface area contributed by atoms with Crippen molar-refractivity contribution >= 4 is 34.3 Å². The van der Waals surface area contributed by atoms with Gasteiger partial charge < -0.3 is 20.1 Å². The molecule has 8 heteroatoms. The van der Waals surface area contributed by atoms with Crippen LogP contribution in [-0.4, -0.2) is 35.7 Å². The number of nitrogens with one attached hydrogen (secondary N) is 1. The van der Waals surface area contributed by atoms with Crippen LogP contribution in [0.3, 0.4) is 0 Å². The van der Waals surface area contributed by atoms with E-state index in [1.54, 1.807) is 5.38 Å². The van der Waals surface area contributed by atoms with E-state index in [1.807, 2.05) is 30.3 Å². The van der Waals surface area contributed by atoms with Crippen LogP contribution in [0, 0.1) is 0 Å². The maximum Gasteiger partial charge on any atom is 0.408 e. The fourth-order valence-corrected chi connectivity index (χ4v) is 3.52. The Hall–Kier alpha value is -2.87. The van der Waals surface area contributed by atoms with Gasteiger partial charge in [0.1, 0.15) is 17.6 Å². The highest BCUT2D eigenvalue weighted by atomic mass is 32.1. The molecular weight excluding hydrogens is 344 g/mol. The van der Waals surface area contributed by atoms with E-state index in [1.165, 1.54) is 22.3 Å². The van der Waals surface area contributed by atoms with Gasteiger partial charge in [-0.1, -0.05) is 30.3 Å². The van der Waals surface area contributed by atoms with Crippen LogP contribution >= 0.6 is 11.3 Å². The maximum atomic E-state index is 12.5. The minimum absolute atomic E-state index is 0.0886. The molecule has 1 aromatic carbocycles. The molecule has 3 rings (SSSR count). The third-order valence-electron chi connectivity index (χ3n) is 3.83. The maximum absolute atomic E-state index is 12.5. The van der Waals surface area contributed by atoms with Gasteiger partial charge in [0.25, 0.3) is 0 Å². The number of hydrogen-bond donors (Lipinski definition) is 2. The smallest absolute Gasteiger partial charge is 0.408 e. The van der Waals surface area contributed by atoms with Crippen molar-refractivity contribution in [3.63, 3.8) is 0 Å². The Balaban J connectivity index is 1.57. The highest BCUT2D eigenvalue weighted by molar-refractivity contribution is 7.14. The molecule has 1 unspecified atom stereocenters. The molecule has 0 bridgehead atoms. The molecule has 0 saturated carbocycles. The third-order valence-corrected chi connectivity index (χ3v) is 4.77. The number of carboxylic acid groups (broad SMARTS) is 1. The lowest BCUT2D eigenvalue weighted by Crippen LogP contribution is -2.41. The van der Waals surface area contributed by atoms with Gasteiger partial charge in [-0.3, -0.25) is 4.79 Å². The second kappa shape index (κ2) is 7.35. The lowest BCUT2D eigenvalue weighted by molar-refractivity contribution is -0.118. The normalized spacial score (nSPS) is 16.7. The molecule has 2 heterocycles. The van der Waals surface area contributed by atoms with Gasteiger partial charge in [0.15, 0.2) is 0 Å². The van der Waals surface area contributed by atoms with Crippen molar-refractivity contribution < 1.29 is 24.2 Å². The fourth-order valence-electron chi connectivity index (χ4n) is 2.60. The Morgan fingerprint density at radius 1 is 1.28 bits per heavy atom. The Kier molecular flexibility index (Phi) is 4.99. The van der Waals surface area contributed by atoms with Crippen LogP contribution in [0.25, 0.3) is 0 Å². The zero-order valence-electron chi connectivity index (χ0n) is 13.2. The minimum atomic E-state index is -1.08. The third kappa shape index (κ3) is 3.80. The van der Waals surface area contributed by atoms with Crippen LogP contribution in [0.2, 0.25) is 0 Å². The van der Waals surface area contributed by atoms with Crippen LogP contribution in [-0.2, 0) is 16.1 Å². The summed E-state index contributed by atoms with van der Waals surface area (Å²) in [5.41, 5.74) is 0.937. The molecule has 2 N–H and O–H groups in total. The summed E-state index contributed by atoms with van der Waals surface area (Å²) in [6.07, 6.45) is -0.273. The van der Waals surface area contributed by atoms with Crippen molar-refractivity contribution in [2.75, 3.05) is 11.4 Å². The monoisotopic (exact) mass is 360 g/mol. The Bertz CT molecular complexity index is 789. The largest absolute Gasteiger partial charge is 0.478 e. The van der Waals surface area contributed by atoms with Crippen LogP contribution in [0.4, 0.5) is 9.80 Å². The van der Waals surface area contributed by atoms with E-state index in [4.69, 9.17) is 9.84 Å². The van der Waals surface area contributed by atoms with Gasteiger partial charge in [0, 0.05) is 6.54 Å². The summed E-state index contributed by atoms with van der Waals surface area (Å²) in [7, 11) is 0. The number of amides is 2. The topological polar surface area (TPSA) is 95.9 Å². The summed E-state index contributed by atoms with van der Waals surface area (Å²) < 4.78 is 5.11. The SMILES string of the molecule is O=C(NC1CCN(c2sccc2C(=O)O)C1=O)OCc1ccccc1. The number of alkyl carbamates (subject to hydrolysis) is 1. The van der Waals surface area contributed by atoms with Crippen molar-refractivity contribution in [1.82, 2.24) is 5.32 Å². The number of carboxylic acids is 1. The molecule has 0 aliphatic carbocycles. The van der Waals surface area contributed by atoms with Gasteiger partial charge in [0.2, 0.25) is 5.91 Å². The first-order chi connectivity index (χ1) is 12.1. The molecule has 2 amide bonds. The Labute approximate surface area is 147 Å². The molecule has 1 aliphatic rings. The molecule has 0 spiro atoms. The van der Waals surface area contributed by atoms with Crippen LogP contribution in [0.1, 0.15) is 22.3 Å². The van der Waals surface area contributed by atoms with E-state index in [2.05, 4.69) is 5.32 Å². The molecular formula is C17H16N2O5S. The molecule has 1 aliphatic heterocycles. The fraction of sp³-hybridized carbons (Fsp3) is 0.235. The quantitative estimate of drug-likeness (QED) is 0.854. The van der Waals surface area contributed by atoms with E-state index in [-0.39, 0.29) is 18.1 Å². The summed E-state index contributed by atoms with van der Waals surface area (Å²) in [4.78, 5) is 37.0. The second-order valence-electron chi connectivity index (χ2n) is 5.48. The number of thiophene rings is 1. The van der Waals surface area contributed by atoms with Gasteiger partial charge in [-0.15, -0.1) is 11.3 Å². The van der Waals surface area contributed by atoms with Crippen LogP contribution in [0.5, 0.6) is 0 Å². The predicted octanol–water partition coefficient (Wildman–Crippen LogP) is 2.48. The Morgan fingerprint density at radius 2 is 2.04 bits per heavy atom. The number of aromatic carboxylic acids is 1. The summed E-state index contributed by atoms with van der Waals surface area (Å²) >= 11 is 1.19. The van der Waals surface area contributed by atoms with Crippen molar-refractivity contribution in [2.24, 2.45) is 0 Å². The Morgan fingerprint density at radius 3 is 2.76 bits per heavy atom. The number of anilines is 1. The minimum Gasteiger partial charge on any atom is -0.478 e. The highest BCUT2D eigenvalue weighted by Gasteiger charge is 2.36. The summed E-state index contributed by atoms with van der Waals surface area (Å²) in [6, 6.07) is 9.97. The first kappa shape index (κ1) is 17.0. The van der Waals surface area contributed by atoms with E-state index in [0.717, 1.165) is 5.56 Å². The van der Waals surface area contributed by atoms with Gasteiger partial charge in [-0.05, 0) is 23.4 Å². The molecule has 1 atom stereocenters. The molecule has 0 radical (unpaired) electrons. The van der Waals surface area contributed by atoms with E-state index >= 15 is 0 Å².